The minimum absolute atomic E-state index is 0.0378. The van der Waals surface area contributed by atoms with Crippen LogP contribution in [0.4, 0.5) is 42.0 Å². The van der Waals surface area contributed by atoms with Crippen LogP contribution in [0.1, 0.15) is 22.5 Å². The summed E-state index contributed by atoms with van der Waals surface area (Å²) in [5.41, 5.74) is 2.12. The van der Waals surface area contributed by atoms with Gasteiger partial charge < -0.3 is 16.0 Å². The maximum atomic E-state index is 12.7. The van der Waals surface area contributed by atoms with Crippen molar-refractivity contribution in [2.45, 2.75) is 26.4 Å². The molecule has 1 amide bonds. The van der Waals surface area contributed by atoms with Gasteiger partial charge in [-0.3, -0.25) is 4.79 Å². The molecule has 184 valence electrons. The Morgan fingerprint density at radius 2 is 1.44 bits per heavy atom. The molecule has 0 aliphatic carbocycles. The van der Waals surface area contributed by atoms with Gasteiger partial charge in [0.1, 0.15) is 23.3 Å². The summed E-state index contributed by atoms with van der Waals surface area (Å²) in [6.45, 7) is 3.77. The van der Waals surface area contributed by atoms with Crippen molar-refractivity contribution in [3.05, 3.63) is 95.4 Å². The SMILES string of the molecule is Cc1ccnc(Nc2cc(Nc3ccc(NC(=O)Cc4ccc(C(F)(F)F)cc4)cc3)nc(C)n2)c1. The van der Waals surface area contributed by atoms with E-state index in [1.807, 2.05) is 19.1 Å². The fourth-order valence-electron chi connectivity index (χ4n) is 3.42. The number of amides is 1. The highest BCUT2D eigenvalue weighted by atomic mass is 19.4. The molecule has 0 spiro atoms. The van der Waals surface area contributed by atoms with E-state index in [1.165, 1.54) is 12.1 Å². The first-order valence-corrected chi connectivity index (χ1v) is 11.0. The van der Waals surface area contributed by atoms with Crippen molar-refractivity contribution in [1.82, 2.24) is 15.0 Å². The first kappa shape index (κ1) is 24.6. The van der Waals surface area contributed by atoms with E-state index in [4.69, 9.17) is 0 Å². The largest absolute Gasteiger partial charge is 0.416 e. The van der Waals surface area contributed by atoms with Crippen LogP contribution in [0.15, 0.2) is 72.9 Å². The highest BCUT2D eigenvalue weighted by molar-refractivity contribution is 5.92. The molecule has 2 aromatic carbocycles. The second-order valence-electron chi connectivity index (χ2n) is 8.15. The van der Waals surface area contributed by atoms with Crippen LogP contribution in [-0.2, 0) is 17.4 Å². The standard InChI is InChI=1S/C26H23F3N6O/c1-16-11-12-30-22(13-16)35-24-15-23(31-17(2)32-24)33-20-7-9-21(10-8-20)34-25(36)14-18-3-5-19(6-4-18)26(27,28)29/h3-13,15H,14H2,1-2H3,(H,34,36)(H2,30,31,32,33,35). The lowest BCUT2D eigenvalue weighted by Crippen LogP contribution is -2.14. The summed E-state index contributed by atoms with van der Waals surface area (Å²) < 4.78 is 38.1. The van der Waals surface area contributed by atoms with Gasteiger partial charge in [0, 0.05) is 23.6 Å². The number of rotatable bonds is 7. The van der Waals surface area contributed by atoms with E-state index < -0.39 is 11.7 Å². The summed E-state index contributed by atoms with van der Waals surface area (Å²) in [6.07, 6.45) is -2.73. The van der Waals surface area contributed by atoms with Crippen LogP contribution >= 0.6 is 0 Å². The first-order valence-electron chi connectivity index (χ1n) is 11.0. The number of nitrogens with zero attached hydrogens (tertiary/aromatic N) is 3. The molecule has 4 rings (SSSR count). The molecule has 0 radical (unpaired) electrons. The molecule has 0 bridgehead atoms. The third-order valence-electron chi connectivity index (χ3n) is 5.10. The maximum Gasteiger partial charge on any atom is 0.416 e. The average Bonchev–Trinajstić information content (AvgIpc) is 2.80. The van der Waals surface area contributed by atoms with E-state index in [0.29, 0.717) is 34.5 Å². The van der Waals surface area contributed by atoms with E-state index in [0.717, 1.165) is 23.4 Å². The Kier molecular flexibility index (Phi) is 7.14. The number of nitrogens with one attached hydrogen (secondary N) is 3. The molecule has 7 nitrogen and oxygen atoms in total. The number of benzene rings is 2. The Labute approximate surface area is 205 Å². The third-order valence-corrected chi connectivity index (χ3v) is 5.10. The van der Waals surface area contributed by atoms with E-state index in [2.05, 4.69) is 30.9 Å². The van der Waals surface area contributed by atoms with Gasteiger partial charge in [-0.05, 0) is 73.5 Å². The number of hydrogen-bond donors (Lipinski definition) is 3. The summed E-state index contributed by atoms with van der Waals surface area (Å²) in [5.74, 6) is 2.09. The Balaban J connectivity index is 1.36. The quantitative estimate of drug-likeness (QED) is 0.286. The summed E-state index contributed by atoms with van der Waals surface area (Å²) in [6, 6.07) is 17.1. The number of aromatic nitrogens is 3. The number of alkyl halides is 3. The van der Waals surface area contributed by atoms with Crippen molar-refractivity contribution in [1.29, 1.82) is 0 Å². The monoisotopic (exact) mass is 492 g/mol. The van der Waals surface area contributed by atoms with Crippen molar-refractivity contribution in [2.75, 3.05) is 16.0 Å². The van der Waals surface area contributed by atoms with Crippen molar-refractivity contribution in [3.8, 4) is 0 Å². The Hall–Kier alpha value is -4.47. The lowest BCUT2D eigenvalue weighted by Gasteiger charge is -2.11. The fourth-order valence-corrected chi connectivity index (χ4v) is 3.42. The lowest BCUT2D eigenvalue weighted by molar-refractivity contribution is -0.137. The zero-order chi connectivity index (χ0) is 25.7. The molecule has 0 saturated heterocycles. The molecule has 0 saturated carbocycles. The number of pyridine rings is 1. The second-order valence-corrected chi connectivity index (χ2v) is 8.15. The van der Waals surface area contributed by atoms with Gasteiger partial charge in [0.15, 0.2) is 0 Å². The van der Waals surface area contributed by atoms with E-state index in [1.54, 1.807) is 43.5 Å². The Bertz CT molecular complexity index is 1360. The summed E-state index contributed by atoms with van der Waals surface area (Å²) >= 11 is 0. The van der Waals surface area contributed by atoms with Gasteiger partial charge in [0.25, 0.3) is 0 Å². The van der Waals surface area contributed by atoms with Crippen LogP contribution < -0.4 is 16.0 Å². The summed E-state index contributed by atoms with van der Waals surface area (Å²) in [5, 5.41) is 9.12. The molecule has 36 heavy (non-hydrogen) atoms. The number of carbonyl (C=O) groups is 1. The predicted octanol–water partition coefficient (Wildman–Crippen LogP) is 6.18. The smallest absolute Gasteiger partial charge is 0.340 e. The number of anilines is 5. The van der Waals surface area contributed by atoms with Crippen molar-refractivity contribution in [3.63, 3.8) is 0 Å². The first-order chi connectivity index (χ1) is 17.1. The van der Waals surface area contributed by atoms with Crippen LogP contribution in [-0.4, -0.2) is 20.9 Å². The Morgan fingerprint density at radius 1 is 0.806 bits per heavy atom. The van der Waals surface area contributed by atoms with Gasteiger partial charge in [-0.25, -0.2) is 15.0 Å². The molecular weight excluding hydrogens is 469 g/mol. The van der Waals surface area contributed by atoms with Gasteiger partial charge in [0.05, 0.1) is 12.0 Å². The zero-order valence-electron chi connectivity index (χ0n) is 19.5. The highest BCUT2D eigenvalue weighted by Crippen LogP contribution is 2.29. The van der Waals surface area contributed by atoms with Gasteiger partial charge in [-0.2, -0.15) is 13.2 Å². The van der Waals surface area contributed by atoms with E-state index in [-0.39, 0.29) is 12.3 Å². The van der Waals surface area contributed by atoms with Crippen molar-refractivity contribution < 1.29 is 18.0 Å². The number of hydrogen-bond acceptors (Lipinski definition) is 6. The van der Waals surface area contributed by atoms with Crippen molar-refractivity contribution in [2.24, 2.45) is 0 Å². The maximum absolute atomic E-state index is 12.7. The third kappa shape index (κ3) is 6.78. The molecule has 0 atom stereocenters. The topological polar surface area (TPSA) is 91.8 Å². The molecular formula is C26H23F3N6O. The van der Waals surface area contributed by atoms with E-state index in [9.17, 15) is 18.0 Å². The molecule has 2 aromatic heterocycles. The average molecular weight is 493 g/mol. The molecule has 10 heteroatoms. The molecule has 0 fully saturated rings. The van der Waals surface area contributed by atoms with Gasteiger partial charge in [-0.1, -0.05) is 12.1 Å². The number of aryl methyl sites for hydroxylation is 2. The molecule has 2 heterocycles. The predicted molar refractivity (Wildman–Crippen MR) is 133 cm³/mol. The molecule has 0 aliphatic heterocycles. The number of halogens is 3. The fraction of sp³-hybridized carbons (Fsp3) is 0.154. The summed E-state index contributed by atoms with van der Waals surface area (Å²) in [4.78, 5) is 25.4. The highest BCUT2D eigenvalue weighted by Gasteiger charge is 2.29. The van der Waals surface area contributed by atoms with Crippen LogP contribution in [0.25, 0.3) is 0 Å². The number of carbonyl (C=O) groups excluding carboxylic acids is 1. The molecule has 0 aliphatic rings. The molecule has 3 N–H and O–H groups in total. The lowest BCUT2D eigenvalue weighted by atomic mass is 10.1. The second kappa shape index (κ2) is 10.4. The normalized spacial score (nSPS) is 11.1. The zero-order valence-corrected chi connectivity index (χ0v) is 19.5. The van der Waals surface area contributed by atoms with Gasteiger partial charge >= 0.3 is 6.18 Å². The molecule has 0 unspecified atom stereocenters. The minimum atomic E-state index is -4.41. The molecule has 4 aromatic rings. The van der Waals surface area contributed by atoms with Crippen LogP contribution in [0, 0.1) is 13.8 Å². The Morgan fingerprint density at radius 3 is 2.08 bits per heavy atom. The van der Waals surface area contributed by atoms with Gasteiger partial charge in [0.2, 0.25) is 5.91 Å². The van der Waals surface area contributed by atoms with Crippen molar-refractivity contribution >= 4 is 34.7 Å². The minimum Gasteiger partial charge on any atom is -0.340 e. The summed E-state index contributed by atoms with van der Waals surface area (Å²) in [7, 11) is 0. The van der Waals surface area contributed by atoms with Gasteiger partial charge in [-0.15, -0.1) is 0 Å². The van der Waals surface area contributed by atoms with Crippen LogP contribution in [0.3, 0.4) is 0 Å². The van der Waals surface area contributed by atoms with E-state index >= 15 is 0 Å². The van der Waals surface area contributed by atoms with Crippen LogP contribution in [0.2, 0.25) is 0 Å². The van der Waals surface area contributed by atoms with Crippen LogP contribution in [0.5, 0.6) is 0 Å².